The Morgan fingerprint density at radius 3 is 2.73 bits per heavy atom. The molecule has 0 aliphatic heterocycles. The van der Waals surface area contributed by atoms with E-state index < -0.39 is 11.9 Å². The van der Waals surface area contributed by atoms with Crippen LogP contribution in [0.1, 0.15) is 18.5 Å². The van der Waals surface area contributed by atoms with Gasteiger partial charge in [0.2, 0.25) is 0 Å². The summed E-state index contributed by atoms with van der Waals surface area (Å²) in [5.74, 6) is -0.425. The van der Waals surface area contributed by atoms with Gasteiger partial charge in [0.05, 0.1) is 6.04 Å². The van der Waals surface area contributed by atoms with E-state index in [2.05, 4.69) is 10.6 Å². The van der Waals surface area contributed by atoms with Crippen LogP contribution in [0.15, 0.2) is 18.2 Å². The Morgan fingerprint density at radius 1 is 1.53 bits per heavy atom. The van der Waals surface area contributed by atoms with Crippen LogP contribution < -0.4 is 10.6 Å². The Bertz CT molecular complexity index is 350. The summed E-state index contributed by atoms with van der Waals surface area (Å²) in [6.45, 7) is 1.67. The predicted octanol–water partition coefficient (Wildman–Crippen LogP) is 2.47. The van der Waals surface area contributed by atoms with Crippen LogP contribution in [0.2, 0.25) is 5.02 Å². The highest BCUT2D eigenvalue weighted by Crippen LogP contribution is 2.25. The van der Waals surface area contributed by atoms with E-state index in [1.807, 2.05) is 0 Å². The minimum absolute atomic E-state index is 0.294. The van der Waals surface area contributed by atoms with E-state index in [-0.39, 0.29) is 6.03 Å². The van der Waals surface area contributed by atoms with Gasteiger partial charge in [0.15, 0.2) is 0 Å². The van der Waals surface area contributed by atoms with E-state index in [4.69, 9.17) is 11.6 Å². The van der Waals surface area contributed by atoms with E-state index in [0.29, 0.717) is 10.6 Å². The van der Waals surface area contributed by atoms with E-state index in [1.54, 1.807) is 13.0 Å². The quantitative estimate of drug-likeness (QED) is 0.805. The van der Waals surface area contributed by atoms with Crippen molar-refractivity contribution >= 4 is 17.6 Å². The van der Waals surface area contributed by atoms with Gasteiger partial charge in [-0.3, -0.25) is 0 Å². The van der Waals surface area contributed by atoms with Gasteiger partial charge in [-0.05, 0) is 19.1 Å². The molecule has 0 bridgehead atoms. The lowest BCUT2D eigenvalue weighted by atomic mass is 10.1. The summed E-state index contributed by atoms with van der Waals surface area (Å²) >= 11 is 5.84. The third-order valence-electron chi connectivity index (χ3n) is 2.01. The van der Waals surface area contributed by atoms with Gasteiger partial charge < -0.3 is 10.6 Å². The second kappa shape index (κ2) is 4.98. The number of halogens is 2. The van der Waals surface area contributed by atoms with Crippen LogP contribution in [-0.4, -0.2) is 13.1 Å². The Labute approximate surface area is 92.6 Å². The van der Waals surface area contributed by atoms with Crippen molar-refractivity contribution in [3.8, 4) is 0 Å². The third kappa shape index (κ3) is 2.83. The van der Waals surface area contributed by atoms with Gasteiger partial charge in [-0.2, -0.15) is 0 Å². The van der Waals surface area contributed by atoms with E-state index in [1.165, 1.54) is 19.2 Å². The van der Waals surface area contributed by atoms with E-state index in [0.717, 1.165) is 0 Å². The number of hydrogen-bond acceptors (Lipinski definition) is 1. The van der Waals surface area contributed by atoms with Crippen molar-refractivity contribution in [2.75, 3.05) is 7.05 Å². The average molecular weight is 231 g/mol. The second-order valence-corrected chi connectivity index (χ2v) is 3.49. The molecule has 15 heavy (non-hydrogen) atoms. The Balaban J connectivity index is 2.90. The fourth-order valence-corrected chi connectivity index (χ4v) is 1.59. The first-order chi connectivity index (χ1) is 7.06. The maximum atomic E-state index is 13.4. The molecule has 1 unspecified atom stereocenters. The largest absolute Gasteiger partial charge is 0.341 e. The maximum absolute atomic E-state index is 13.4. The second-order valence-electron chi connectivity index (χ2n) is 3.08. The Kier molecular flexibility index (Phi) is 3.91. The zero-order chi connectivity index (χ0) is 11.4. The topological polar surface area (TPSA) is 41.1 Å². The maximum Gasteiger partial charge on any atom is 0.315 e. The molecule has 0 heterocycles. The molecule has 2 N–H and O–H groups in total. The lowest BCUT2D eigenvalue weighted by Crippen LogP contribution is -2.35. The summed E-state index contributed by atoms with van der Waals surface area (Å²) in [6, 6.07) is 3.57. The van der Waals surface area contributed by atoms with Crippen LogP contribution in [0.3, 0.4) is 0 Å². The zero-order valence-electron chi connectivity index (χ0n) is 8.47. The normalized spacial score (nSPS) is 12.0. The van der Waals surface area contributed by atoms with Crippen molar-refractivity contribution in [1.82, 2.24) is 10.6 Å². The summed E-state index contributed by atoms with van der Waals surface area (Å²) < 4.78 is 13.4. The number of hydrogen-bond donors (Lipinski definition) is 2. The highest BCUT2D eigenvalue weighted by Gasteiger charge is 2.15. The van der Waals surface area contributed by atoms with Crippen LogP contribution >= 0.6 is 11.6 Å². The first kappa shape index (κ1) is 11.8. The lowest BCUT2D eigenvalue weighted by Gasteiger charge is -2.15. The molecule has 0 aromatic heterocycles. The van der Waals surface area contributed by atoms with Crippen molar-refractivity contribution in [3.63, 3.8) is 0 Å². The minimum Gasteiger partial charge on any atom is -0.341 e. The molecule has 2 amide bonds. The summed E-state index contributed by atoms with van der Waals surface area (Å²) in [4.78, 5) is 11.0. The number of carbonyl (C=O) groups excluding carboxylic acids is 1. The average Bonchev–Trinajstić information content (AvgIpc) is 2.17. The van der Waals surface area contributed by atoms with Crippen molar-refractivity contribution in [2.24, 2.45) is 0 Å². The SMILES string of the molecule is CNC(=O)NC(C)c1c(F)cccc1Cl. The number of benzene rings is 1. The number of urea groups is 1. The van der Waals surface area contributed by atoms with E-state index >= 15 is 0 Å². The fraction of sp³-hybridized carbons (Fsp3) is 0.300. The van der Waals surface area contributed by atoms with Crippen molar-refractivity contribution in [1.29, 1.82) is 0 Å². The minimum atomic E-state index is -0.473. The van der Waals surface area contributed by atoms with Crippen LogP contribution in [0.25, 0.3) is 0 Å². The molecule has 0 radical (unpaired) electrons. The van der Waals surface area contributed by atoms with Crippen molar-refractivity contribution in [3.05, 3.63) is 34.6 Å². The van der Waals surface area contributed by atoms with Crippen LogP contribution in [0.4, 0.5) is 9.18 Å². The van der Waals surface area contributed by atoms with Gasteiger partial charge >= 0.3 is 6.03 Å². The van der Waals surface area contributed by atoms with Gasteiger partial charge in [0.25, 0.3) is 0 Å². The molecule has 0 aliphatic carbocycles. The first-order valence-electron chi connectivity index (χ1n) is 4.48. The zero-order valence-corrected chi connectivity index (χ0v) is 9.23. The summed E-state index contributed by atoms with van der Waals surface area (Å²) in [6.07, 6.45) is 0. The Morgan fingerprint density at radius 2 is 2.20 bits per heavy atom. The molecule has 0 spiro atoms. The summed E-state index contributed by atoms with van der Waals surface area (Å²) in [7, 11) is 1.49. The smallest absolute Gasteiger partial charge is 0.315 e. The van der Waals surface area contributed by atoms with Crippen molar-refractivity contribution < 1.29 is 9.18 Å². The van der Waals surface area contributed by atoms with Gasteiger partial charge in [-0.15, -0.1) is 0 Å². The molecule has 5 heteroatoms. The molecule has 3 nitrogen and oxygen atoms in total. The van der Waals surface area contributed by atoms with Crippen LogP contribution in [0, 0.1) is 5.82 Å². The fourth-order valence-electron chi connectivity index (χ4n) is 1.27. The number of rotatable bonds is 2. The molecule has 82 valence electrons. The summed E-state index contributed by atoms with van der Waals surface area (Å²) in [5.41, 5.74) is 0.294. The molecule has 1 atom stereocenters. The molecule has 1 aromatic carbocycles. The number of amides is 2. The molecule has 1 rings (SSSR count). The Hall–Kier alpha value is -1.29. The highest BCUT2D eigenvalue weighted by atomic mass is 35.5. The lowest BCUT2D eigenvalue weighted by molar-refractivity contribution is 0.240. The van der Waals surface area contributed by atoms with Gasteiger partial charge in [-0.25, -0.2) is 9.18 Å². The number of carbonyl (C=O) groups is 1. The monoisotopic (exact) mass is 230 g/mol. The molecular weight excluding hydrogens is 219 g/mol. The predicted molar refractivity (Wildman–Crippen MR) is 57.4 cm³/mol. The van der Waals surface area contributed by atoms with Crippen LogP contribution in [0.5, 0.6) is 0 Å². The molecule has 0 saturated carbocycles. The van der Waals surface area contributed by atoms with Crippen molar-refractivity contribution in [2.45, 2.75) is 13.0 Å². The summed E-state index contributed by atoms with van der Waals surface area (Å²) in [5, 5.41) is 5.25. The van der Waals surface area contributed by atoms with Crippen LogP contribution in [-0.2, 0) is 0 Å². The van der Waals surface area contributed by atoms with Gasteiger partial charge in [0, 0.05) is 17.6 Å². The third-order valence-corrected chi connectivity index (χ3v) is 2.34. The molecule has 1 aromatic rings. The van der Waals surface area contributed by atoms with Gasteiger partial charge in [-0.1, -0.05) is 17.7 Å². The molecule has 0 aliphatic rings. The first-order valence-corrected chi connectivity index (χ1v) is 4.86. The van der Waals surface area contributed by atoms with E-state index in [9.17, 15) is 9.18 Å². The highest BCUT2D eigenvalue weighted by molar-refractivity contribution is 6.31. The number of nitrogens with one attached hydrogen (secondary N) is 2. The standard InChI is InChI=1S/C10H12ClFN2O/c1-6(14-10(15)13-2)9-7(11)4-3-5-8(9)12/h3-6H,1-2H3,(H2,13,14,15). The molecule has 0 saturated heterocycles. The molecule has 0 fully saturated rings. The van der Waals surface area contributed by atoms with Gasteiger partial charge in [0.1, 0.15) is 5.82 Å². The molecular formula is C10H12ClFN2O.